The maximum absolute atomic E-state index is 13.6. The summed E-state index contributed by atoms with van der Waals surface area (Å²) in [6.45, 7) is 3.18. The largest absolute Gasteiger partial charge is 0.494 e. The predicted molar refractivity (Wildman–Crippen MR) is 154 cm³/mol. The molecule has 0 spiro atoms. The normalized spacial score (nSPS) is 11.9. The molecule has 1 N–H and O–H groups in total. The van der Waals surface area contributed by atoms with Crippen LogP contribution in [-0.2, 0) is 0 Å². The number of carbonyl (C=O) groups excluding carboxylic acids is 1. The summed E-state index contributed by atoms with van der Waals surface area (Å²) in [7, 11) is 0. The van der Waals surface area contributed by atoms with Crippen LogP contribution in [0.2, 0.25) is 0 Å². The zero-order chi connectivity index (χ0) is 29.1. The van der Waals surface area contributed by atoms with E-state index in [0.717, 1.165) is 15.8 Å². The van der Waals surface area contributed by atoms with E-state index in [-0.39, 0.29) is 22.5 Å². The summed E-state index contributed by atoms with van der Waals surface area (Å²) in [6.07, 6.45) is 4.56. The van der Waals surface area contributed by atoms with Crippen LogP contribution in [0.15, 0.2) is 102 Å². The summed E-state index contributed by atoms with van der Waals surface area (Å²) >= 11 is 0. The minimum absolute atomic E-state index is 0.0971. The summed E-state index contributed by atoms with van der Waals surface area (Å²) in [5.41, 5.74) is 2.30. The molecule has 0 aliphatic heterocycles. The number of hydrogen-bond donors (Lipinski definition) is 1. The van der Waals surface area contributed by atoms with Crippen LogP contribution in [0.25, 0.3) is 23.0 Å². The number of rotatable bonds is 7. The zero-order valence-electron chi connectivity index (χ0n) is 22.3. The lowest BCUT2D eigenvalue weighted by Gasteiger charge is -2.20. The lowest BCUT2D eigenvalue weighted by atomic mass is 9.99. The van der Waals surface area contributed by atoms with Crippen LogP contribution in [0.1, 0.15) is 45.6 Å². The van der Waals surface area contributed by atoms with Crippen LogP contribution in [0.4, 0.5) is 4.39 Å². The number of hydrogen-bond acceptors (Lipinski definition) is 5. The van der Waals surface area contributed by atoms with Crippen LogP contribution in [0.3, 0.4) is 0 Å². The van der Waals surface area contributed by atoms with E-state index in [1.165, 1.54) is 25.1 Å². The van der Waals surface area contributed by atoms with Gasteiger partial charge in [0.25, 0.3) is 5.56 Å². The first-order valence-corrected chi connectivity index (χ1v) is 12.9. The molecule has 2 heterocycles. The van der Waals surface area contributed by atoms with E-state index < -0.39 is 23.3 Å². The fraction of sp³-hybridized carbons (Fsp3) is 0.0909. The molecule has 7 nitrogen and oxygen atoms in total. The summed E-state index contributed by atoms with van der Waals surface area (Å²) in [5.74, 6) is -1.50. The Hall–Kier alpha value is -5.55. The Kier molecular flexibility index (Phi) is 7.44. The Morgan fingerprint density at radius 1 is 1.02 bits per heavy atom. The smallest absolute Gasteiger partial charge is 0.272 e. The first kappa shape index (κ1) is 27.0. The number of pyridine rings is 1. The van der Waals surface area contributed by atoms with Gasteiger partial charge in [0.15, 0.2) is 5.78 Å². The van der Waals surface area contributed by atoms with E-state index in [0.29, 0.717) is 16.8 Å². The van der Waals surface area contributed by atoms with Crippen molar-refractivity contribution in [3.05, 3.63) is 141 Å². The Morgan fingerprint density at radius 3 is 2.29 bits per heavy atom. The minimum atomic E-state index is -0.679. The molecular weight excluding hydrogens is 519 g/mol. The molecule has 0 saturated carbocycles. The van der Waals surface area contributed by atoms with Crippen LogP contribution in [0.5, 0.6) is 5.88 Å². The van der Waals surface area contributed by atoms with Gasteiger partial charge < -0.3 is 5.11 Å². The molecule has 0 saturated heterocycles. The predicted octanol–water partition coefficient (Wildman–Crippen LogP) is 6.23. The minimum Gasteiger partial charge on any atom is -0.494 e. The van der Waals surface area contributed by atoms with Crippen LogP contribution >= 0.6 is 0 Å². The zero-order valence-corrected chi connectivity index (χ0v) is 22.3. The molecule has 0 amide bonds. The number of nitriles is 1. The summed E-state index contributed by atoms with van der Waals surface area (Å²) in [6, 6.07) is 25.5. The maximum Gasteiger partial charge on any atom is 0.272 e. The molecule has 5 aromatic rings. The number of nitrogens with zero attached hydrogens (tertiary/aromatic N) is 4. The Balaban J connectivity index is 1.60. The monoisotopic (exact) mass is 544 g/mol. The van der Waals surface area contributed by atoms with Gasteiger partial charge in [-0.3, -0.25) is 14.2 Å². The van der Waals surface area contributed by atoms with Gasteiger partial charge in [0.1, 0.15) is 17.4 Å². The van der Waals surface area contributed by atoms with E-state index in [1.54, 1.807) is 60.3 Å². The molecule has 2 aromatic heterocycles. The van der Waals surface area contributed by atoms with Gasteiger partial charge in [0.2, 0.25) is 5.88 Å². The number of benzene rings is 3. The number of aromatic hydroxyl groups is 1. The highest BCUT2D eigenvalue weighted by Crippen LogP contribution is 2.30. The van der Waals surface area contributed by atoms with Crippen molar-refractivity contribution in [3.8, 4) is 28.9 Å². The van der Waals surface area contributed by atoms with Gasteiger partial charge in [-0.1, -0.05) is 48.5 Å². The van der Waals surface area contributed by atoms with E-state index in [1.807, 2.05) is 42.5 Å². The third kappa shape index (κ3) is 5.21. The van der Waals surface area contributed by atoms with Crippen LogP contribution in [-0.4, -0.2) is 25.2 Å². The molecule has 5 rings (SSSR count). The van der Waals surface area contributed by atoms with Crippen LogP contribution < -0.4 is 5.56 Å². The molecule has 1 atom stereocenters. The van der Waals surface area contributed by atoms with Crippen molar-refractivity contribution in [3.63, 3.8) is 0 Å². The van der Waals surface area contributed by atoms with Gasteiger partial charge in [0, 0.05) is 17.3 Å². The highest BCUT2D eigenvalue weighted by molar-refractivity contribution is 6.09. The number of aromatic nitrogens is 3. The van der Waals surface area contributed by atoms with E-state index >= 15 is 0 Å². The molecule has 0 aliphatic rings. The van der Waals surface area contributed by atoms with Gasteiger partial charge in [0.05, 0.1) is 23.0 Å². The van der Waals surface area contributed by atoms with Crippen molar-refractivity contribution in [2.24, 2.45) is 0 Å². The molecule has 202 valence electrons. The van der Waals surface area contributed by atoms with Gasteiger partial charge in [-0.05, 0) is 73.5 Å². The fourth-order valence-electron chi connectivity index (χ4n) is 4.76. The number of para-hydroxylation sites is 1. The average Bonchev–Trinajstić information content (AvgIpc) is 3.42. The first-order chi connectivity index (χ1) is 19.8. The summed E-state index contributed by atoms with van der Waals surface area (Å²) in [4.78, 5) is 26.8. The van der Waals surface area contributed by atoms with Crippen molar-refractivity contribution in [2.45, 2.75) is 19.9 Å². The number of allylic oxidation sites excluding steroid dienone is 1. The van der Waals surface area contributed by atoms with Crippen LogP contribution in [0, 0.1) is 24.1 Å². The van der Waals surface area contributed by atoms with Crippen molar-refractivity contribution < 1.29 is 14.3 Å². The van der Waals surface area contributed by atoms with Gasteiger partial charge in [-0.15, -0.1) is 0 Å². The molecule has 0 radical (unpaired) electrons. The number of ketones is 1. The third-order valence-corrected chi connectivity index (χ3v) is 6.96. The maximum atomic E-state index is 13.6. The van der Waals surface area contributed by atoms with Gasteiger partial charge in [-0.25, -0.2) is 9.07 Å². The average molecular weight is 545 g/mol. The second kappa shape index (κ2) is 11.3. The highest BCUT2D eigenvalue weighted by atomic mass is 19.1. The second-order valence-corrected chi connectivity index (χ2v) is 9.49. The number of carbonyl (C=O) groups is 1. The van der Waals surface area contributed by atoms with E-state index in [2.05, 4.69) is 5.10 Å². The molecule has 0 bridgehead atoms. The molecule has 0 aliphatic carbocycles. The van der Waals surface area contributed by atoms with Crippen molar-refractivity contribution in [2.75, 3.05) is 0 Å². The van der Waals surface area contributed by atoms with Gasteiger partial charge >= 0.3 is 0 Å². The Bertz CT molecular complexity index is 1870. The highest BCUT2D eigenvalue weighted by Gasteiger charge is 2.26. The molecule has 0 fully saturated rings. The standard InChI is InChI=1S/C33H25FN4O3/c1-21-28(19-35)32(40)38(22(2)23-9-5-3-6-10-23)33(41)30(21)29(39)18-15-25-20-37(27-11-7-4-8-12-27)36-31(25)24-13-16-26(34)17-14-24/h3-18,20,22,41H,1-2H3/b18-15+. The number of halogens is 1. The summed E-state index contributed by atoms with van der Waals surface area (Å²) < 4.78 is 16.3. The summed E-state index contributed by atoms with van der Waals surface area (Å²) in [5, 5.41) is 25.7. The SMILES string of the molecule is Cc1c(C(=O)/C=C/c2cn(-c3ccccc3)nc2-c2ccc(F)cc2)c(O)n(C(C)c2ccccc2)c(=O)c1C#N. The lowest BCUT2D eigenvalue weighted by molar-refractivity contribution is 0.104. The third-order valence-electron chi connectivity index (χ3n) is 6.96. The van der Waals surface area contributed by atoms with Gasteiger partial charge in [-0.2, -0.15) is 10.4 Å². The first-order valence-electron chi connectivity index (χ1n) is 12.9. The molecule has 3 aromatic carbocycles. The Labute approximate surface area is 235 Å². The van der Waals surface area contributed by atoms with Crippen molar-refractivity contribution >= 4 is 11.9 Å². The topological polar surface area (TPSA) is 101 Å². The van der Waals surface area contributed by atoms with Crippen molar-refractivity contribution in [1.82, 2.24) is 14.3 Å². The molecule has 8 heteroatoms. The molecule has 41 heavy (non-hydrogen) atoms. The second-order valence-electron chi connectivity index (χ2n) is 9.49. The molecule has 1 unspecified atom stereocenters. The molecular formula is C33H25FN4O3. The van der Waals surface area contributed by atoms with E-state index in [4.69, 9.17) is 0 Å². The Morgan fingerprint density at radius 2 is 1.66 bits per heavy atom. The van der Waals surface area contributed by atoms with Crippen molar-refractivity contribution in [1.29, 1.82) is 5.26 Å². The van der Waals surface area contributed by atoms with E-state index in [9.17, 15) is 24.3 Å². The lowest BCUT2D eigenvalue weighted by Crippen LogP contribution is -2.29. The fourth-order valence-corrected chi connectivity index (χ4v) is 4.76. The quantitative estimate of drug-likeness (QED) is 0.193.